The van der Waals surface area contributed by atoms with Gasteiger partial charge in [0.1, 0.15) is 11.9 Å². The lowest BCUT2D eigenvalue weighted by Gasteiger charge is -2.18. The van der Waals surface area contributed by atoms with Crippen molar-refractivity contribution < 1.29 is 4.79 Å². The number of urea groups is 1. The van der Waals surface area contributed by atoms with E-state index in [0.29, 0.717) is 36.0 Å². The van der Waals surface area contributed by atoms with E-state index in [1.807, 2.05) is 17.7 Å². The average molecular weight is 347 g/mol. The molecule has 24 heavy (non-hydrogen) atoms. The molecule has 8 heteroatoms. The van der Waals surface area contributed by atoms with E-state index in [2.05, 4.69) is 21.7 Å². The summed E-state index contributed by atoms with van der Waals surface area (Å²) < 4.78 is 1.89. The van der Waals surface area contributed by atoms with Gasteiger partial charge in [-0.2, -0.15) is 5.26 Å². The number of amides is 2. The van der Waals surface area contributed by atoms with Gasteiger partial charge in [-0.25, -0.2) is 9.78 Å². The summed E-state index contributed by atoms with van der Waals surface area (Å²) >= 11 is 5.94. The number of nitrogens with one attached hydrogen (secondary N) is 2. The van der Waals surface area contributed by atoms with Gasteiger partial charge in [-0.1, -0.05) is 11.6 Å². The second-order valence-electron chi connectivity index (χ2n) is 5.29. The number of anilines is 1. The van der Waals surface area contributed by atoms with E-state index in [1.54, 1.807) is 36.5 Å². The molecule has 2 rings (SSSR count). The van der Waals surface area contributed by atoms with Crippen molar-refractivity contribution in [2.75, 3.05) is 25.5 Å². The molecule has 0 aliphatic carbocycles. The number of nitrogens with zero attached hydrogens (tertiary/aromatic N) is 4. The molecule has 126 valence electrons. The van der Waals surface area contributed by atoms with Crippen molar-refractivity contribution in [3.63, 3.8) is 0 Å². The van der Waals surface area contributed by atoms with Gasteiger partial charge in [0.15, 0.2) is 0 Å². The SMILES string of the molecule is CN(Cc1cc(Cl)cn1C)C(=O)NCCNc1ncccc1C#N. The Bertz CT molecular complexity index is 751. The predicted octanol–water partition coefficient (Wildman–Crippen LogP) is 2.20. The Morgan fingerprint density at radius 3 is 2.96 bits per heavy atom. The van der Waals surface area contributed by atoms with Crippen LogP contribution in [0.5, 0.6) is 0 Å². The normalized spacial score (nSPS) is 10.1. The number of aromatic nitrogens is 2. The quantitative estimate of drug-likeness (QED) is 0.785. The lowest BCUT2D eigenvalue weighted by molar-refractivity contribution is 0.206. The number of rotatable bonds is 6. The number of carbonyl (C=O) groups is 1. The van der Waals surface area contributed by atoms with E-state index >= 15 is 0 Å². The van der Waals surface area contributed by atoms with Crippen LogP contribution in [-0.2, 0) is 13.6 Å². The third-order valence-corrected chi connectivity index (χ3v) is 3.65. The van der Waals surface area contributed by atoms with Crippen molar-refractivity contribution in [1.82, 2.24) is 19.8 Å². The molecule has 0 saturated heterocycles. The Labute approximate surface area is 145 Å². The number of nitriles is 1. The topological polar surface area (TPSA) is 86.0 Å². The number of carbonyl (C=O) groups excluding carboxylic acids is 1. The van der Waals surface area contributed by atoms with Crippen LogP contribution in [0.4, 0.5) is 10.6 Å². The van der Waals surface area contributed by atoms with Gasteiger partial charge in [-0.15, -0.1) is 0 Å². The second-order valence-corrected chi connectivity index (χ2v) is 5.72. The van der Waals surface area contributed by atoms with Gasteiger partial charge in [-0.05, 0) is 18.2 Å². The molecule has 2 aromatic rings. The molecule has 2 aromatic heterocycles. The summed E-state index contributed by atoms with van der Waals surface area (Å²) in [6.07, 6.45) is 3.41. The van der Waals surface area contributed by atoms with Gasteiger partial charge in [0.2, 0.25) is 0 Å². The number of halogens is 1. The van der Waals surface area contributed by atoms with Crippen LogP contribution < -0.4 is 10.6 Å². The Morgan fingerprint density at radius 2 is 2.29 bits per heavy atom. The van der Waals surface area contributed by atoms with E-state index in [-0.39, 0.29) is 6.03 Å². The van der Waals surface area contributed by atoms with Crippen molar-refractivity contribution in [3.8, 4) is 6.07 Å². The number of hydrogen-bond acceptors (Lipinski definition) is 4. The lowest BCUT2D eigenvalue weighted by Crippen LogP contribution is -2.39. The highest BCUT2D eigenvalue weighted by Gasteiger charge is 2.11. The van der Waals surface area contributed by atoms with Crippen molar-refractivity contribution in [2.45, 2.75) is 6.54 Å². The summed E-state index contributed by atoms with van der Waals surface area (Å²) in [6, 6.07) is 7.10. The molecule has 0 aliphatic rings. The Morgan fingerprint density at radius 1 is 1.50 bits per heavy atom. The molecule has 0 fully saturated rings. The largest absolute Gasteiger partial charge is 0.367 e. The Balaban J connectivity index is 1.76. The summed E-state index contributed by atoms with van der Waals surface area (Å²) in [7, 11) is 3.60. The number of pyridine rings is 1. The monoisotopic (exact) mass is 346 g/mol. The first-order valence-corrected chi connectivity index (χ1v) is 7.77. The fraction of sp³-hybridized carbons (Fsp3) is 0.312. The fourth-order valence-electron chi connectivity index (χ4n) is 2.16. The molecule has 0 spiro atoms. The van der Waals surface area contributed by atoms with E-state index < -0.39 is 0 Å². The van der Waals surface area contributed by atoms with Crippen molar-refractivity contribution in [1.29, 1.82) is 5.26 Å². The molecule has 0 radical (unpaired) electrons. The molecular formula is C16H19ClN6O. The predicted molar refractivity (Wildman–Crippen MR) is 92.7 cm³/mol. The van der Waals surface area contributed by atoms with Crippen LogP contribution in [0, 0.1) is 11.3 Å². The van der Waals surface area contributed by atoms with Crippen LogP contribution in [0.25, 0.3) is 0 Å². The second kappa shape index (κ2) is 8.22. The van der Waals surface area contributed by atoms with Gasteiger partial charge in [0.25, 0.3) is 0 Å². The fourth-order valence-corrected chi connectivity index (χ4v) is 2.43. The zero-order valence-electron chi connectivity index (χ0n) is 13.6. The van der Waals surface area contributed by atoms with Crippen molar-refractivity contribution >= 4 is 23.4 Å². The van der Waals surface area contributed by atoms with Crippen LogP contribution in [0.2, 0.25) is 5.02 Å². The highest BCUT2D eigenvalue weighted by atomic mass is 35.5. The molecular weight excluding hydrogens is 328 g/mol. The Kier molecular flexibility index (Phi) is 6.04. The standard InChI is InChI=1S/C16H19ClN6O/c1-22-10-13(17)8-14(22)11-23(2)16(24)21-7-6-20-15-12(9-18)4-3-5-19-15/h3-5,8,10H,6-7,11H2,1-2H3,(H,19,20)(H,21,24). The third kappa shape index (κ3) is 4.64. The van der Waals surface area contributed by atoms with Crippen LogP contribution in [0.3, 0.4) is 0 Å². The number of hydrogen-bond donors (Lipinski definition) is 2. The molecule has 0 aromatic carbocycles. The molecule has 0 atom stereocenters. The van der Waals surface area contributed by atoms with Gasteiger partial charge in [0.05, 0.1) is 17.1 Å². The average Bonchev–Trinajstić information content (AvgIpc) is 2.89. The van der Waals surface area contributed by atoms with Crippen molar-refractivity contribution in [3.05, 3.63) is 46.9 Å². The van der Waals surface area contributed by atoms with E-state index in [4.69, 9.17) is 16.9 Å². The maximum absolute atomic E-state index is 12.1. The first-order chi connectivity index (χ1) is 11.5. The molecule has 2 amide bonds. The smallest absolute Gasteiger partial charge is 0.317 e. The lowest BCUT2D eigenvalue weighted by atomic mass is 10.3. The molecule has 0 saturated carbocycles. The van der Waals surface area contributed by atoms with Crippen LogP contribution in [0.1, 0.15) is 11.3 Å². The molecule has 0 bridgehead atoms. The van der Waals surface area contributed by atoms with E-state index in [9.17, 15) is 4.79 Å². The van der Waals surface area contributed by atoms with E-state index in [0.717, 1.165) is 5.69 Å². The van der Waals surface area contributed by atoms with Gasteiger partial charge >= 0.3 is 6.03 Å². The molecule has 2 heterocycles. The molecule has 0 aliphatic heterocycles. The zero-order chi connectivity index (χ0) is 17.5. The summed E-state index contributed by atoms with van der Waals surface area (Å²) in [5.41, 5.74) is 1.42. The zero-order valence-corrected chi connectivity index (χ0v) is 14.3. The van der Waals surface area contributed by atoms with Crippen molar-refractivity contribution in [2.24, 2.45) is 7.05 Å². The first kappa shape index (κ1) is 17.6. The molecule has 7 nitrogen and oxygen atoms in total. The number of aryl methyl sites for hydroxylation is 1. The molecule has 0 unspecified atom stereocenters. The van der Waals surface area contributed by atoms with Crippen LogP contribution in [0.15, 0.2) is 30.6 Å². The third-order valence-electron chi connectivity index (χ3n) is 3.44. The Hall–Kier alpha value is -2.72. The van der Waals surface area contributed by atoms with Crippen LogP contribution in [-0.4, -0.2) is 40.6 Å². The molecule has 2 N–H and O–H groups in total. The minimum Gasteiger partial charge on any atom is -0.367 e. The summed E-state index contributed by atoms with van der Waals surface area (Å²) in [4.78, 5) is 17.8. The maximum atomic E-state index is 12.1. The van der Waals surface area contributed by atoms with Gasteiger partial charge < -0.3 is 20.1 Å². The highest BCUT2D eigenvalue weighted by Crippen LogP contribution is 2.14. The summed E-state index contributed by atoms with van der Waals surface area (Å²) in [5, 5.41) is 15.5. The van der Waals surface area contributed by atoms with Crippen LogP contribution >= 0.6 is 11.6 Å². The maximum Gasteiger partial charge on any atom is 0.317 e. The minimum atomic E-state index is -0.185. The summed E-state index contributed by atoms with van der Waals surface area (Å²) in [5.74, 6) is 0.515. The highest BCUT2D eigenvalue weighted by molar-refractivity contribution is 6.30. The minimum absolute atomic E-state index is 0.185. The van der Waals surface area contributed by atoms with Gasteiger partial charge in [-0.3, -0.25) is 0 Å². The first-order valence-electron chi connectivity index (χ1n) is 7.40. The van der Waals surface area contributed by atoms with E-state index in [1.165, 1.54) is 0 Å². The van der Waals surface area contributed by atoms with Gasteiger partial charge in [0, 0.05) is 45.3 Å². The summed E-state index contributed by atoms with van der Waals surface area (Å²) in [6.45, 7) is 1.35.